The van der Waals surface area contributed by atoms with Gasteiger partial charge in [-0.15, -0.1) is 0 Å². The van der Waals surface area contributed by atoms with Crippen LogP contribution in [0.2, 0.25) is 0 Å². The first-order valence-electron chi connectivity index (χ1n) is 3.19. The molecule has 0 fully saturated rings. The third-order valence-corrected chi connectivity index (χ3v) is 2.83. The van der Waals surface area contributed by atoms with E-state index in [4.69, 9.17) is 15.8 Å². The molecular formula is C7H7ClO3S. The summed E-state index contributed by atoms with van der Waals surface area (Å²) in [7, 11) is 1.37. The maximum atomic E-state index is 10.9. The topological polar surface area (TPSA) is 54.4 Å². The summed E-state index contributed by atoms with van der Waals surface area (Å²) >= 11 is 0. The van der Waals surface area contributed by atoms with Gasteiger partial charge in [-0.1, -0.05) is 18.2 Å². The van der Waals surface area contributed by atoms with E-state index in [1.165, 1.54) is 12.1 Å². The van der Waals surface area contributed by atoms with Gasteiger partial charge < -0.3 is 5.11 Å². The highest BCUT2D eigenvalue weighted by Gasteiger charge is 2.13. The van der Waals surface area contributed by atoms with Crippen molar-refractivity contribution in [3.63, 3.8) is 0 Å². The highest BCUT2D eigenvalue weighted by molar-refractivity contribution is 8.13. The maximum absolute atomic E-state index is 10.9. The van der Waals surface area contributed by atoms with Gasteiger partial charge in [0, 0.05) is 10.7 Å². The summed E-state index contributed by atoms with van der Waals surface area (Å²) in [4.78, 5) is -0.0332. The minimum absolute atomic E-state index is 0.0332. The highest BCUT2D eigenvalue weighted by atomic mass is 35.7. The maximum Gasteiger partial charge on any atom is 0.261 e. The van der Waals surface area contributed by atoms with Gasteiger partial charge in [-0.25, -0.2) is 8.42 Å². The molecule has 0 spiro atoms. The summed E-state index contributed by atoms with van der Waals surface area (Å²) in [5.74, 6) is 0. The first kappa shape index (κ1) is 9.51. The number of benzene rings is 1. The Kier molecular flexibility index (Phi) is 2.72. The normalized spacial score (nSPS) is 11.5. The zero-order chi connectivity index (χ0) is 9.19. The van der Waals surface area contributed by atoms with E-state index in [-0.39, 0.29) is 11.5 Å². The Morgan fingerprint density at radius 3 is 2.33 bits per heavy atom. The highest BCUT2D eigenvalue weighted by Crippen LogP contribution is 2.19. The lowest BCUT2D eigenvalue weighted by atomic mass is 10.2. The van der Waals surface area contributed by atoms with Crippen molar-refractivity contribution in [1.82, 2.24) is 0 Å². The van der Waals surface area contributed by atoms with Crippen LogP contribution >= 0.6 is 10.7 Å². The number of hydrogen-bond acceptors (Lipinski definition) is 3. The van der Waals surface area contributed by atoms with E-state index in [0.717, 1.165) is 0 Å². The number of rotatable bonds is 2. The van der Waals surface area contributed by atoms with Crippen molar-refractivity contribution in [2.24, 2.45) is 0 Å². The monoisotopic (exact) mass is 206 g/mol. The second kappa shape index (κ2) is 3.43. The third kappa shape index (κ3) is 1.97. The van der Waals surface area contributed by atoms with Crippen LogP contribution in [0.4, 0.5) is 0 Å². The molecule has 1 rings (SSSR count). The summed E-state index contributed by atoms with van der Waals surface area (Å²) in [6.07, 6.45) is 0. The number of hydrogen-bond donors (Lipinski definition) is 1. The van der Waals surface area contributed by atoms with Crippen LogP contribution in [0, 0.1) is 0 Å². The van der Waals surface area contributed by atoms with Gasteiger partial charge in [-0.2, -0.15) is 0 Å². The third-order valence-electron chi connectivity index (χ3n) is 1.41. The minimum atomic E-state index is -3.73. The summed E-state index contributed by atoms with van der Waals surface area (Å²) in [5, 5.41) is 8.76. The van der Waals surface area contributed by atoms with Crippen molar-refractivity contribution in [2.75, 3.05) is 0 Å². The van der Waals surface area contributed by atoms with E-state index in [1.807, 2.05) is 0 Å². The van der Waals surface area contributed by atoms with Crippen molar-refractivity contribution in [3.05, 3.63) is 29.8 Å². The van der Waals surface area contributed by atoms with E-state index < -0.39 is 9.05 Å². The molecule has 0 aliphatic heterocycles. The van der Waals surface area contributed by atoms with Gasteiger partial charge in [0.25, 0.3) is 9.05 Å². The van der Waals surface area contributed by atoms with Crippen LogP contribution in [0.15, 0.2) is 29.2 Å². The molecule has 66 valence electrons. The fourth-order valence-electron chi connectivity index (χ4n) is 0.872. The van der Waals surface area contributed by atoms with E-state index >= 15 is 0 Å². The molecule has 1 aromatic carbocycles. The molecule has 12 heavy (non-hydrogen) atoms. The van der Waals surface area contributed by atoms with Crippen molar-refractivity contribution >= 4 is 19.7 Å². The van der Waals surface area contributed by atoms with Gasteiger partial charge in [0.1, 0.15) is 0 Å². The average molecular weight is 207 g/mol. The molecule has 5 heteroatoms. The lowest BCUT2D eigenvalue weighted by molar-refractivity contribution is 0.278. The summed E-state index contributed by atoms with van der Waals surface area (Å²) in [6, 6.07) is 6.05. The van der Waals surface area contributed by atoms with Crippen LogP contribution < -0.4 is 0 Å². The molecule has 1 aromatic rings. The summed E-state index contributed by atoms with van der Waals surface area (Å²) in [6.45, 7) is -0.331. The fourth-order valence-corrected chi connectivity index (χ4v) is 2.01. The zero-order valence-electron chi connectivity index (χ0n) is 6.07. The van der Waals surface area contributed by atoms with Gasteiger partial charge in [0.2, 0.25) is 0 Å². The Balaban J connectivity index is 3.33. The first-order chi connectivity index (χ1) is 5.55. The molecule has 1 N–H and O–H groups in total. The molecule has 0 aromatic heterocycles. The standard InChI is InChI=1S/C7H7ClO3S/c8-12(10,11)7-4-2-1-3-6(7)5-9/h1-4,9H,5H2. The predicted molar refractivity (Wildman–Crippen MR) is 45.4 cm³/mol. The lowest BCUT2D eigenvalue weighted by Crippen LogP contribution is -1.96. The average Bonchev–Trinajstić information content (AvgIpc) is 2.03. The smallest absolute Gasteiger partial charge is 0.261 e. The van der Waals surface area contributed by atoms with Crippen LogP contribution in [0.3, 0.4) is 0 Å². The molecule has 0 atom stereocenters. The van der Waals surface area contributed by atoms with Crippen molar-refractivity contribution in [3.8, 4) is 0 Å². The van der Waals surface area contributed by atoms with Crippen LogP contribution in [-0.2, 0) is 15.7 Å². The molecule has 0 bridgehead atoms. The number of aliphatic hydroxyl groups is 1. The first-order valence-corrected chi connectivity index (χ1v) is 5.50. The van der Waals surface area contributed by atoms with E-state index in [9.17, 15) is 8.42 Å². The van der Waals surface area contributed by atoms with Crippen LogP contribution in [0.5, 0.6) is 0 Å². The van der Waals surface area contributed by atoms with E-state index in [1.54, 1.807) is 12.1 Å². The van der Waals surface area contributed by atoms with Gasteiger partial charge in [0.15, 0.2) is 0 Å². The molecule has 0 saturated carbocycles. The molecule has 3 nitrogen and oxygen atoms in total. The minimum Gasteiger partial charge on any atom is -0.392 e. The fraction of sp³-hybridized carbons (Fsp3) is 0.143. The number of aliphatic hydroxyl groups excluding tert-OH is 1. The Labute approximate surface area is 75.0 Å². The second-order valence-corrected chi connectivity index (χ2v) is 4.74. The Morgan fingerprint density at radius 1 is 1.33 bits per heavy atom. The van der Waals surface area contributed by atoms with Crippen molar-refractivity contribution in [1.29, 1.82) is 0 Å². The van der Waals surface area contributed by atoms with Crippen LogP contribution in [0.25, 0.3) is 0 Å². The van der Waals surface area contributed by atoms with E-state index in [0.29, 0.717) is 5.56 Å². The van der Waals surface area contributed by atoms with Crippen LogP contribution in [0.1, 0.15) is 5.56 Å². The van der Waals surface area contributed by atoms with Gasteiger partial charge in [-0.3, -0.25) is 0 Å². The Morgan fingerprint density at radius 2 is 1.92 bits per heavy atom. The van der Waals surface area contributed by atoms with Gasteiger partial charge >= 0.3 is 0 Å². The molecule has 0 unspecified atom stereocenters. The molecule has 0 aliphatic rings. The van der Waals surface area contributed by atoms with Crippen molar-refractivity contribution < 1.29 is 13.5 Å². The predicted octanol–water partition coefficient (Wildman–Crippen LogP) is 1.11. The summed E-state index contributed by atoms with van der Waals surface area (Å²) < 4.78 is 21.7. The quantitative estimate of drug-likeness (QED) is 0.738. The Bertz CT molecular complexity index is 372. The Hall–Kier alpha value is -0.580. The van der Waals surface area contributed by atoms with Gasteiger partial charge in [-0.05, 0) is 11.6 Å². The molecule has 0 saturated heterocycles. The largest absolute Gasteiger partial charge is 0.392 e. The van der Waals surface area contributed by atoms with E-state index in [2.05, 4.69) is 0 Å². The SMILES string of the molecule is O=S(=O)(Cl)c1ccccc1CO. The molecule has 0 amide bonds. The lowest BCUT2D eigenvalue weighted by Gasteiger charge is -2.01. The molecule has 0 heterocycles. The van der Waals surface area contributed by atoms with Gasteiger partial charge in [0.05, 0.1) is 11.5 Å². The molecule has 0 radical (unpaired) electrons. The summed E-state index contributed by atoms with van der Waals surface area (Å²) in [5.41, 5.74) is 0.313. The zero-order valence-corrected chi connectivity index (χ0v) is 7.64. The second-order valence-electron chi connectivity index (χ2n) is 2.20. The molecule has 0 aliphatic carbocycles. The van der Waals surface area contributed by atoms with Crippen LogP contribution in [-0.4, -0.2) is 13.5 Å². The molecular weight excluding hydrogens is 200 g/mol. The number of halogens is 1. The van der Waals surface area contributed by atoms with Crippen molar-refractivity contribution in [2.45, 2.75) is 11.5 Å².